The average molecular weight is 441 g/mol. The predicted molar refractivity (Wildman–Crippen MR) is 120 cm³/mol. The van der Waals surface area contributed by atoms with Crippen molar-refractivity contribution in [3.63, 3.8) is 0 Å². The smallest absolute Gasteiger partial charge is 0.265 e. The molecule has 0 saturated carbocycles. The van der Waals surface area contributed by atoms with Gasteiger partial charge in [0.25, 0.3) is 15.9 Å². The first-order chi connectivity index (χ1) is 14.3. The molecular formula is C23H21ClN2O3S. The number of anilines is 2. The number of hydrogen-bond donors (Lipinski definition) is 1. The fourth-order valence-electron chi connectivity index (χ4n) is 3.67. The van der Waals surface area contributed by atoms with Crippen molar-refractivity contribution in [3.05, 3.63) is 87.9 Å². The average Bonchev–Trinajstić information content (AvgIpc) is 3.15. The number of benzene rings is 3. The van der Waals surface area contributed by atoms with Gasteiger partial charge in [-0.15, -0.1) is 0 Å². The molecule has 7 heteroatoms. The molecule has 1 aliphatic heterocycles. The maximum absolute atomic E-state index is 13.4. The number of hydrogen-bond acceptors (Lipinski definition) is 3. The number of nitrogens with one attached hydrogen (secondary N) is 1. The van der Waals surface area contributed by atoms with Crippen molar-refractivity contribution in [1.82, 2.24) is 0 Å². The molecule has 0 aromatic heterocycles. The fourth-order valence-corrected chi connectivity index (χ4v) is 5.67. The van der Waals surface area contributed by atoms with Crippen LogP contribution in [0.25, 0.3) is 0 Å². The van der Waals surface area contributed by atoms with Crippen molar-refractivity contribution >= 4 is 38.9 Å². The maximum Gasteiger partial charge on any atom is 0.265 e. The third-order valence-corrected chi connectivity index (χ3v) is 7.53. The molecule has 3 aromatic carbocycles. The number of amides is 1. The van der Waals surface area contributed by atoms with Crippen molar-refractivity contribution in [2.24, 2.45) is 0 Å². The summed E-state index contributed by atoms with van der Waals surface area (Å²) >= 11 is 6.26. The molecule has 0 unspecified atom stereocenters. The molecule has 154 valence electrons. The van der Waals surface area contributed by atoms with E-state index < -0.39 is 15.9 Å². The van der Waals surface area contributed by atoms with Crippen molar-refractivity contribution in [2.45, 2.75) is 25.2 Å². The summed E-state index contributed by atoms with van der Waals surface area (Å²) < 4.78 is 28.1. The van der Waals surface area contributed by atoms with Gasteiger partial charge in [-0.25, -0.2) is 8.42 Å². The van der Waals surface area contributed by atoms with Crippen LogP contribution in [0, 0.1) is 13.8 Å². The second-order valence-corrected chi connectivity index (χ2v) is 9.61. The Bertz CT molecular complexity index is 1260. The third kappa shape index (κ3) is 3.68. The monoisotopic (exact) mass is 440 g/mol. The Hall–Kier alpha value is -2.83. The molecule has 30 heavy (non-hydrogen) atoms. The Kier molecular flexibility index (Phi) is 5.30. The maximum atomic E-state index is 13.4. The number of rotatable bonds is 4. The van der Waals surface area contributed by atoms with Gasteiger partial charge in [-0.05, 0) is 61.7 Å². The molecule has 0 radical (unpaired) electrons. The summed E-state index contributed by atoms with van der Waals surface area (Å²) in [4.78, 5) is 12.7. The number of halogens is 1. The summed E-state index contributed by atoms with van der Waals surface area (Å²) in [5.41, 5.74) is 4.55. The van der Waals surface area contributed by atoms with Crippen LogP contribution in [0.5, 0.6) is 0 Å². The van der Waals surface area contributed by atoms with Crippen LogP contribution in [0.15, 0.2) is 65.6 Å². The van der Waals surface area contributed by atoms with E-state index in [1.807, 2.05) is 50.2 Å². The minimum absolute atomic E-state index is 0.0749. The Morgan fingerprint density at radius 3 is 2.57 bits per heavy atom. The Morgan fingerprint density at radius 1 is 1.03 bits per heavy atom. The molecule has 1 aliphatic rings. The molecule has 0 spiro atoms. The van der Waals surface area contributed by atoms with Gasteiger partial charge < -0.3 is 5.32 Å². The fraction of sp³-hybridized carbons (Fsp3) is 0.174. The van der Waals surface area contributed by atoms with Gasteiger partial charge in [0.05, 0.1) is 10.7 Å². The summed E-state index contributed by atoms with van der Waals surface area (Å²) in [5.74, 6) is -0.392. The largest absolute Gasteiger partial charge is 0.322 e. The van der Waals surface area contributed by atoms with Crippen LogP contribution in [-0.4, -0.2) is 20.9 Å². The molecule has 5 nitrogen and oxygen atoms in total. The van der Waals surface area contributed by atoms with E-state index in [1.54, 1.807) is 6.07 Å². The highest BCUT2D eigenvalue weighted by Gasteiger charge is 2.32. The van der Waals surface area contributed by atoms with Crippen LogP contribution in [0.4, 0.5) is 11.4 Å². The normalized spacial score (nSPS) is 13.2. The molecule has 1 N–H and O–H groups in total. The van der Waals surface area contributed by atoms with Crippen LogP contribution < -0.4 is 9.62 Å². The molecule has 0 bridgehead atoms. The van der Waals surface area contributed by atoms with Gasteiger partial charge in [0.2, 0.25) is 0 Å². The number of fused-ring (bicyclic) bond motifs is 1. The van der Waals surface area contributed by atoms with E-state index in [9.17, 15) is 13.2 Å². The molecule has 3 aromatic rings. The van der Waals surface area contributed by atoms with Crippen LogP contribution >= 0.6 is 11.6 Å². The summed E-state index contributed by atoms with van der Waals surface area (Å²) in [6, 6.07) is 17.4. The molecule has 0 atom stereocenters. The van der Waals surface area contributed by atoms with Crippen LogP contribution in [-0.2, 0) is 16.4 Å². The van der Waals surface area contributed by atoms with Crippen molar-refractivity contribution < 1.29 is 13.2 Å². The van der Waals surface area contributed by atoms with Gasteiger partial charge in [-0.3, -0.25) is 9.10 Å². The lowest BCUT2D eigenvalue weighted by molar-refractivity contribution is 0.102. The molecule has 4 rings (SSSR count). The molecule has 1 amide bonds. The zero-order valence-corrected chi connectivity index (χ0v) is 18.2. The molecule has 0 aliphatic carbocycles. The first kappa shape index (κ1) is 20.4. The zero-order valence-electron chi connectivity index (χ0n) is 16.6. The highest BCUT2D eigenvalue weighted by atomic mass is 35.5. The van der Waals surface area contributed by atoms with E-state index in [0.29, 0.717) is 24.3 Å². The van der Waals surface area contributed by atoms with Crippen LogP contribution in [0.2, 0.25) is 5.02 Å². The van der Waals surface area contributed by atoms with E-state index in [4.69, 9.17) is 11.6 Å². The lowest BCUT2D eigenvalue weighted by atomic mass is 10.1. The van der Waals surface area contributed by atoms with Gasteiger partial charge in [-0.2, -0.15) is 0 Å². The highest BCUT2D eigenvalue weighted by molar-refractivity contribution is 7.93. The van der Waals surface area contributed by atoms with Crippen molar-refractivity contribution in [3.8, 4) is 0 Å². The van der Waals surface area contributed by atoms with E-state index in [-0.39, 0.29) is 15.5 Å². The summed E-state index contributed by atoms with van der Waals surface area (Å²) in [6.07, 6.45) is 0.639. The second kappa shape index (κ2) is 7.78. The van der Waals surface area contributed by atoms with Crippen molar-refractivity contribution in [1.29, 1.82) is 0 Å². The highest BCUT2D eigenvalue weighted by Crippen LogP contribution is 2.35. The first-order valence-electron chi connectivity index (χ1n) is 9.56. The predicted octanol–water partition coefficient (Wildman–Crippen LogP) is 4.96. The van der Waals surface area contributed by atoms with Gasteiger partial charge in [-0.1, -0.05) is 47.5 Å². The SMILES string of the molecule is Cc1ccc(NC(=O)c2ccc(Cl)c(S(=O)(=O)N3CCc4ccccc43)c2)c(C)c1. The standard InChI is InChI=1S/C23H21ClN2O3S/c1-15-7-10-20(16(2)13-15)25-23(27)18-8-9-19(24)22(14-18)30(28,29)26-12-11-17-5-3-4-6-21(17)26/h3-10,13-14H,11-12H2,1-2H3,(H,25,27). The number of para-hydroxylation sites is 1. The Labute approximate surface area is 181 Å². The summed E-state index contributed by atoms with van der Waals surface area (Å²) in [6.45, 7) is 4.23. The summed E-state index contributed by atoms with van der Waals surface area (Å²) in [5, 5.41) is 2.93. The quantitative estimate of drug-likeness (QED) is 0.623. The van der Waals surface area contributed by atoms with E-state index >= 15 is 0 Å². The minimum Gasteiger partial charge on any atom is -0.322 e. The number of carbonyl (C=O) groups is 1. The van der Waals surface area contributed by atoms with E-state index in [1.165, 1.54) is 22.5 Å². The Morgan fingerprint density at radius 2 is 1.80 bits per heavy atom. The van der Waals surface area contributed by atoms with Crippen LogP contribution in [0.1, 0.15) is 27.0 Å². The van der Waals surface area contributed by atoms with Gasteiger partial charge in [0.15, 0.2) is 0 Å². The molecule has 0 saturated heterocycles. The van der Waals surface area contributed by atoms with Gasteiger partial charge in [0, 0.05) is 17.8 Å². The van der Waals surface area contributed by atoms with E-state index in [0.717, 1.165) is 16.7 Å². The summed E-state index contributed by atoms with van der Waals surface area (Å²) in [7, 11) is -3.90. The number of nitrogens with zero attached hydrogens (tertiary/aromatic N) is 1. The number of sulfonamides is 1. The minimum atomic E-state index is -3.90. The topological polar surface area (TPSA) is 66.5 Å². The van der Waals surface area contributed by atoms with Crippen molar-refractivity contribution in [2.75, 3.05) is 16.2 Å². The number of aryl methyl sites for hydroxylation is 2. The van der Waals surface area contributed by atoms with E-state index in [2.05, 4.69) is 5.32 Å². The number of carbonyl (C=O) groups excluding carboxylic acids is 1. The van der Waals surface area contributed by atoms with Gasteiger partial charge >= 0.3 is 0 Å². The van der Waals surface area contributed by atoms with Crippen LogP contribution in [0.3, 0.4) is 0 Å². The first-order valence-corrected chi connectivity index (χ1v) is 11.4. The second-order valence-electron chi connectivity index (χ2n) is 7.37. The lowest BCUT2D eigenvalue weighted by Gasteiger charge is -2.20. The molecule has 0 fully saturated rings. The Balaban J connectivity index is 1.67. The lowest BCUT2D eigenvalue weighted by Crippen LogP contribution is -2.29. The molecular weight excluding hydrogens is 420 g/mol. The zero-order chi connectivity index (χ0) is 21.5. The van der Waals surface area contributed by atoms with Gasteiger partial charge in [0.1, 0.15) is 4.90 Å². The third-order valence-electron chi connectivity index (χ3n) is 5.24. The molecule has 1 heterocycles.